The van der Waals surface area contributed by atoms with Gasteiger partial charge >= 0.3 is 5.97 Å². The lowest BCUT2D eigenvalue weighted by Gasteiger charge is -2.30. The molecular weight excluding hydrogens is 360 g/mol. The second-order valence-electron chi connectivity index (χ2n) is 6.83. The van der Waals surface area contributed by atoms with Gasteiger partial charge in [-0.15, -0.1) is 0 Å². The summed E-state index contributed by atoms with van der Waals surface area (Å²) in [5.41, 5.74) is 0.487. The maximum atomic E-state index is 13.3. The van der Waals surface area contributed by atoms with Gasteiger partial charge in [-0.3, -0.25) is 14.5 Å². The molecule has 7 nitrogen and oxygen atoms in total. The maximum Gasteiger partial charge on any atom is 0.307 e. The van der Waals surface area contributed by atoms with Gasteiger partial charge in [0.1, 0.15) is 11.5 Å². The van der Waals surface area contributed by atoms with E-state index in [0.29, 0.717) is 42.8 Å². The van der Waals surface area contributed by atoms with E-state index in [1.807, 2.05) is 0 Å². The first-order valence-electron chi connectivity index (χ1n) is 9.94. The van der Waals surface area contributed by atoms with Gasteiger partial charge in [0.25, 0.3) is 5.91 Å². The molecule has 1 aromatic carbocycles. The molecule has 28 heavy (non-hydrogen) atoms. The molecule has 156 valence electrons. The second kappa shape index (κ2) is 10.9. The summed E-state index contributed by atoms with van der Waals surface area (Å²) in [6, 6.07) is 5.45. The van der Waals surface area contributed by atoms with Crippen molar-refractivity contribution in [1.29, 1.82) is 0 Å². The highest BCUT2D eigenvalue weighted by atomic mass is 16.5. The van der Waals surface area contributed by atoms with E-state index in [1.54, 1.807) is 44.2 Å². The van der Waals surface area contributed by atoms with E-state index in [0.717, 1.165) is 25.9 Å². The Morgan fingerprint density at radius 3 is 2.39 bits per heavy atom. The van der Waals surface area contributed by atoms with Crippen molar-refractivity contribution >= 4 is 11.9 Å². The van der Waals surface area contributed by atoms with E-state index in [9.17, 15) is 9.59 Å². The lowest BCUT2D eigenvalue weighted by molar-refractivity contribution is -0.143. The van der Waals surface area contributed by atoms with Crippen LogP contribution in [0.3, 0.4) is 0 Å². The number of likely N-dealkylation sites (N-methyl/N-ethyl adjacent to an activating group) is 1. The first-order valence-corrected chi connectivity index (χ1v) is 9.94. The topological polar surface area (TPSA) is 68.3 Å². The van der Waals surface area contributed by atoms with E-state index in [1.165, 1.54) is 0 Å². The summed E-state index contributed by atoms with van der Waals surface area (Å²) in [7, 11) is 3.11. The summed E-state index contributed by atoms with van der Waals surface area (Å²) in [4.78, 5) is 29.3. The predicted molar refractivity (Wildman–Crippen MR) is 107 cm³/mol. The van der Waals surface area contributed by atoms with E-state index in [-0.39, 0.29) is 18.3 Å². The monoisotopic (exact) mass is 392 g/mol. The number of benzene rings is 1. The van der Waals surface area contributed by atoms with Crippen molar-refractivity contribution in [2.45, 2.75) is 39.2 Å². The molecule has 1 amide bonds. The maximum absolute atomic E-state index is 13.3. The van der Waals surface area contributed by atoms with Crippen LogP contribution < -0.4 is 9.47 Å². The van der Waals surface area contributed by atoms with Crippen LogP contribution in [0.2, 0.25) is 0 Å². The Labute approximate surface area is 167 Å². The molecule has 0 radical (unpaired) electrons. The molecule has 1 unspecified atom stereocenters. The van der Waals surface area contributed by atoms with Crippen LogP contribution in [0.1, 0.15) is 43.5 Å². The predicted octanol–water partition coefficient (Wildman–Crippen LogP) is 2.58. The van der Waals surface area contributed by atoms with Crippen molar-refractivity contribution in [3.05, 3.63) is 23.8 Å². The van der Waals surface area contributed by atoms with Crippen LogP contribution in [-0.4, -0.2) is 74.7 Å². The number of rotatable bonds is 10. The zero-order chi connectivity index (χ0) is 20.5. The fourth-order valence-corrected chi connectivity index (χ4v) is 3.62. The normalized spacial score (nSPS) is 16.6. The van der Waals surface area contributed by atoms with Gasteiger partial charge < -0.3 is 19.1 Å². The standard InChI is InChI=1S/C21H32N2O5/c1-5-22-10-7-8-17(22)15-23(11-9-20(24)28-6-2)21(25)16-12-18(26-3)14-19(13-16)27-4/h12-14,17H,5-11,15H2,1-4H3. The molecule has 2 rings (SSSR count). The molecule has 1 saturated heterocycles. The molecule has 0 aromatic heterocycles. The molecule has 1 atom stereocenters. The number of esters is 1. The number of hydrogen-bond donors (Lipinski definition) is 0. The molecule has 7 heteroatoms. The third kappa shape index (κ3) is 5.86. The number of ether oxygens (including phenoxy) is 3. The average Bonchev–Trinajstić information content (AvgIpc) is 3.17. The zero-order valence-corrected chi connectivity index (χ0v) is 17.4. The Morgan fingerprint density at radius 2 is 1.82 bits per heavy atom. The van der Waals surface area contributed by atoms with Gasteiger partial charge in [0.2, 0.25) is 0 Å². The van der Waals surface area contributed by atoms with Gasteiger partial charge in [-0.05, 0) is 45.0 Å². The molecule has 1 aliphatic rings. The summed E-state index contributed by atoms with van der Waals surface area (Å²) >= 11 is 0. The Kier molecular flexibility index (Phi) is 8.57. The summed E-state index contributed by atoms with van der Waals surface area (Å²) in [6.45, 7) is 7.17. The fourth-order valence-electron chi connectivity index (χ4n) is 3.62. The molecule has 0 bridgehead atoms. The van der Waals surface area contributed by atoms with Gasteiger partial charge in [-0.2, -0.15) is 0 Å². The van der Waals surface area contributed by atoms with Crippen LogP contribution in [0.15, 0.2) is 18.2 Å². The van der Waals surface area contributed by atoms with Crippen molar-refractivity contribution in [2.75, 3.05) is 47.0 Å². The Bertz CT molecular complexity index is 642. The van der Waals surface area contributed by atoms with E-state index >= 15 is 0 Å². The quantitative estimate of drug-likeness (QED) is 0.570. The van der Waals surface area contributed by atoms with Crippen LogP contribution in [0, 0.1) is 0 Å². The van der Waals surface area contributed by atoms with E-state index < -0.39 is 0 Å². The number of methoxy groups -OCH3 is 2. The molecule has 1 fully saturated rings. The Balaban J connectivity index is 2.21. The van der Waals surface area contributed by atoms with Crippen LogP contribution in [0.4, 0.5) is 0 Å². The number of hydrogen-bond acceptors (Lipinski definition) is 6. The average molecular weight is 392 g/mol. The first-order chi connectivity index (χ1) is 13.5. The van der Waals surface area contributed by atoms with Gasteiger partial charge in [-0.25, -0.2) is 0 Å². The molecule has 1 aliphatic heterocycles. The number of carbonyl (C=O) groups is 2. The minimum absolute atomic E-state index is 0.135. The molecule has 0 spiro atoms. The molecular formula is C21H32N2O5. The van der Waals surface area contributed by atoms with Crippen molar-refractivity contribution in [2.24, 2.45) is 0 Å². The van der Waals surface area contributed by atoms with Gasteiger partial charge in [-0.1, -0.05) is 6.92 Å². The van der Waals surface area contributed by atoms with Crippen LogP contribution in [-0.2, 0) is 9.53 Å². The molecule has 0 aliphatic carbocycles. The highest BCUT2D eigenvalue weighted by Crippen LogP contribution is 2.25. The highest BCUT2D eigenvalue weighted by molar-refractivity contribution is 5.95. The third-order valence-corrected chi connectivity index (χ3v) is 5.11. The van der Waals surface area contributed by atoms with Crippen LogP contribution in [0.25, 0.3) is 0 Å². The van der Waals surface area contributed by atoms with Gasteiger partial charge in [0.05, 0.1) is 27.2 Å². The molecule has 0 N–H and O–H groups in total. The number of likely N-dealkylation sites (tertiary alicyclic amines) is 1. The smallest absolute Gasteiger partial charge is 0.307 e. The summed E-state index contributed by atoms with van der Waals surface area (Å²) in [6.07, 6.45) is 2.36. The summed E-state index contributed by atoms with van der Waals surface area (Å²) in [5, 5.41) is 0. The summed E-state index contributed by atoms with van der Waals surface area (Å²) < 4.78 is 15.6. The minimum atomic E-state index is -0.290. The molecule has 1 aromatic rings. The number of carbonyl (C=O) groups excluding carboxylic acids is 2. The van der Waals surface area contributed by atoms with E-state index in [4.69, 9.17) is 14.2 Å². The number of nitrogens with zero attached hydrogens (tertiary/aromatic N) is 2. The lowest BCUT2D eigenvalue weighted by atomic mass is 10.1. The van der Waals surface area contributed by atoms with Crippen molar-refractivity contribution in [3.8, 4) is 11.5 Å². The van der Waals surface area contributed by atoms with Gasteiger partial charge in [0, 0.05) is 30.8 Å². The van der Waals surface area contributed by atoms with Crippen LogP contribution in [0.5, 0.6) is 11.5 Å². The molecule has 1 heterocycles. The van der Waals surface area contributed by atoms with Crippen molar-refractivity contribution < 1.29 is 23.8 Å². The van der Waals surface area contributed by atoms with Gasteiger partial charge in [0.15, 0.2) is 0 Å². The number of amides is 1. The van der Waals surface area contributed by atoms with Crippen molar-refractivity contribution in [3.63, 3.8) is 0 Å². The Morgan fingerprint density at radius 1 is 1.14 bits per heavy atom. The lowest BCUT2D eigenvalue weighted by Crippen LogP contribution is -2.44. The zero-order valence-electron chi connectivity index (χ0n) is 17.4. The minimum Gasteiger partial charge on any atom is -0.497 e. The largest absolute Gasteiger partial charge is 0.497 e. The fraction of sp³-hybridized carbons (Fsp3) is 0.619. The third-order valence-electron chi connectivity index (χ3n) is 5.11. The van der Waals surface area contributed by atoms with Crippen LogP contribution >= 0.6 is 0 Å². The Hall–Kier alpha value is -2.28. The van der Waals surface area contributed by atoms with Crippen molar-refractivity contribution in [1.82, 2.24) is 9.80 Å². The first kappa shape index (κ1) is 22.0. The second-order valence-corrected chi connectivity index (χ2v) is 6.83. The highest BCUT2D eigenvalue weighted by Gasteiger charge is 2.28. The summed E-state index contributed by atoms with van der Waals surface area (Å²) in [5.74, 6) is 0.694. The molecule has 0 saturated carbocycles. The van der Waals surface area contributed by atoms with E-state index in [2.05, 4.69) is 11.8 Å². The SMILES string of the molecule is CCOC(=O)CCN(CC1CCCN1CC)C(=O)c1cc(OC)cc(OC)c1.